The quantitative estimate of drug-likeness (QED) is 0.676. The zero-order valence-corrected chi connectivity index (χ0v) is 10.3. The molecule has 2 atom stereocenters. The molecule has 2 rings (SSSR count). The van der Waals surface area contributed by atoms with Crippen LogP contribution >= 0.6 is 23.2 Å². The Labute approximate surface area is 102 Å². The van der Waals surface area contributed by atoms with Crippen molar-refractivity contribution in [1.29, 1.82) is 0 Å². The van der Waals surface area contributed by atoms with Gasteiger partial charge in [-0.05, 0) is 49.3 Å². The van der Waals surface area contributed by atoms with Gasteiger partial charge in [0.2, 0.25) is 0 Å². The summed E-state index contributed by atoms with van der Waals surface area (Å²) in [5.74, 6) is 0.724. The molecule has 0 aliphatic heterocycles. The Bertz CT molecular complexity index is 305. The summed E-state index contributed by atoms with van der Waals surface area (Å²) in [7, 11) is 0. The van der Waals surface area contributed by atoms with Crippen LogP contribution in [0, 0.1) is 5.92 Å². The first-order valence-corrected chi connectivity index (χ1v) is 6.45. The molecular weight excluding hydrogens is 227 g/mol. The van der Waals surface area contributed by atoms with E-state index in [0.29, 0.717) is 5.38 Å². The molecule has 82 valence electrons. The number of halogens is 2. The second-order valence-electron chi connectivity index (χ2n) is 4.37. The third kappa shape index (κ3) is 3.12. The summed E-state index contributed by atoms with van der Waals surface area (Å²) in [6, 6.07) is 8.15. The first kappa shape index (κ1) is 11.3. The van der Waals surface area contributed by atoms with Gasteiger partial charge in [-0.25, -0.2) is 0 Å². The van der Waals surface area contributed by atoms with Gasteiger partial charge in [0.25, 0.3) is 0 Å². The molecule has 0 heterocycles. The summed E-state index contributed by atoms with van der Waals surface area (Å²) in [4.78, 5) is 0. The number of rotatable bonds is 3. The molecular formula is C13H16Cl2. The summed E-state index contributed by atoms with van der Waals surface area (Å²) < 4.78 is 0. The van der Waals surface area contributed by atoms with Crippen LogP contribution in [-0.2, 0) is 6.42 Å². The Kier molecular flexibility index (Phi) is 3.93. The second kappa shape index (κ2) is 5.23. The van der Waals surface area contributed by atoms with Crippen molar-refractivity contribution in [3.8, 4) is 0 Å². The van der Waals surface area contributed by atoms with E-state index in [1.54, 1.807) is 0 Å². The predicted octanol–water partition coefficient (Wildman–Crippen LogP) is 4.68. The zero-order valence-electron chi connectivity index (χ0n) is 8.76. The molecule has 0 N–H and O–H groups in total. The number of aryl methyl sites for hydroxylation is 1. The highest BCUT2D eigenvalue weighted by Crippen LogP contribution is 2.33. The van der Waals surface area contributed by atoms with Gasteiger partial charge in [0, 0.05) is 10.4 Å². The maximum absolute atomic E-state index is 6.25. The Morgan fingerprint density at radius 2 is 1.87 bits per heavy atom. The fourth-order valence-corrected chi connectivity index (χ4v) is 2.85. The smallest absolute Gasteiger partial charge is 0.0406 e. The van der Waals surface area contributed by atoms with Gasteiger partial charge in [-0.1, -0.05) is 30.2 Å². The van der Waals surface area contributed by atoms with Gasteiger partial charge in [0.1, 0.15) is 0 Å². The molecule has 1 aromatic carbocycles. The molecule has 2 heteroatoms. The lowest BCUT2D eigenvalue weighted by molar-refractivity contribution is 0.509. The van der Waals surface area contributed by atoms with Crippen LogP contribution in [0.3, 0.4) is 0 Å². The van der Waals surface area contributed by atoms with E-state index in [1.165, 1.54) is 31.2 Å². The van der Waals surface area contributed by atoms with Crippen molar-refractivity contribution in [2.45, 2.75) is 37.5 Å². The largest absolute Gasteiger partial charge is 0.123 e. The fraction of sp³-hybridized carbons (Fsp3) is 0.538. The van der Waals surface area contributed by atoms with Crippen LogP contribution in [0.15, 0.2) is 24.3 Å². The van der Waals surface area contributed by atoms with Crippen LogP contribution in [0.2, 0.25) is 5.02 Å². The van der Waals surface area contributed by atoms with E-state index in [0.717, 1.165) is 17.4 Å². The SMILES string of the molecule is Clc1ccc(CCC2CCCC2Cl)cc1. The molecule has 1 fully saturated rings. The topological polar surface area (TPSA) is 0 Å². The third-order valence-corrected chi connectivity index (χ3v) is 4.11. The Balaban J connectivity index is 1.85. The van der Waals surface area contributed by atoms with Crippen molar-refractivity contribution in [3.05, 3.63) is 34.9 Å². The zero-order chi connectivity index (χ0) is 10.7. The summed E-state index contributed by atoms with van der Waals surface area (Å²) in [6.45, 7) is 0. The van der Waals surface area contributed by atoms with E-state index in [-0.39, 0.29) is 0 Å². The van der Waals surface area contributed by atoms with E-state index < -0.39 is 0 Å². The van der Waals surface area contributed by atoms with Crippen LogP contribution in [0.25, 0.3) is 0 Å². The monoisotopic (exact) mass is 242 g/mol. The fourth-order valence-electron chi connectivity index (χ4n) is 2.32. The van der Waals surface area contributed by atoms with E-state index in [4.69, 9.17) is 23.2 Å². The maximum Gasteiger partial charge on any atom is 0.0406 e. The normalized spacial score (nSPS) is 25.7. The van der Waals surface area contributed by atoms with Crippen molar-refractivity contribution >= 4 is 23.2 Å². The molecule has 15 heavy (non-hydrogen) atoms. The molecule has 0 amide bonds. The third-order valence-electron chi connectivity index (χ3n) is 3.28. The Morgan fingerprint density at radius 3 is 2.47 bits per heavy atom. The highest BCUT2D eigenvalue weighted by molar-refractivity contribution is 6.30. The first-order valence-electron chi connectivity index (χ1n) is 5.64. The highest BCUT2D eigenvalue weighted by atomic mass is 35.5. The lowest BCUT2D eigenvalue weighted by atomic mass is 9.98. The van der Waals surface area contributed by atoms with E-state index in [1.807, 2.05) is 12.1 Å². The number of alkyl halides is 1. The molecule has 2 unspecified atom stereocenters. The second-order valence-corrected chi connectivity index (χ2v) is 5.37. The van der Waals surface area contributed by atoms with Crippen molar-refractivity contribution in [3.63, 3.8) is 0 Å². The van der Waals surface area contributed by atoms with Crippen LogP contribution in [0.5, 0.6) is 0 Å². The highest BCUT2D eigenvalue weighted by Gasteiger charge is 2.24. The van der Waals surface area contributed by atoms with E-state index in [9.17, 15) is 0 Å². The molecule has 0 saturated heterocycles. The average molecular weight is 243 g/mol. The van der Waals surface area contributed by atoms with E-state index >= 15 is 0 Å². The van der Waals surface area contributed by atoms with Crippen molar-refractivity contribution < 1.29 is 0 Å². The molecule has 1 aromatic rings. The Hall–Kier alpha value is -0.200. The van der Waals surface area contributed by atoms with Gasteiger partial charge in [-0.15, -0.1) is 11.6 Å². The van der Waals surface area contributed by atoms with Crippen LogP contribution < -0.4 is 0 Å². The number of benzene rings is 1. The van der Waals surface area contributed by atoms with Crippen molar-refractivity contribution in [1.82, 2.24) is 0 Å². The summed E-state index contributed by atoms with van der Waals surface area (Å²) in [5.41, 5.74) is 1.37. The summed E-state index contributed by atoms with van der Waals surface area (Å²) in [5, 5.41) is 1.23. The predicted molar refractivity (Wildman–Crippen MR) is 66.8 cm³/mol. The van der Waals surface area contributed by atoms with E-state index in [2.05, 4.69) is 12.1 Å². The molecule has 1 saturated carbocycles. The number of hydrogen-bond acceptors (Lipinski definition) is 0. The standard InChI is InChI=1S/C13H16Cl2/c14-12-8-5-10(6-9-12)4-7-11-2-1-3-13(11)15/h5-6,8-9,11,13H,1-4,7H2. The minimum atomic E-state index is 0.414. The van der Waals surface area contributed by atoms with Crippen LogP contribution in [0.4, 0.5) is 0 Å². The van der Waals surface area contributed by atoms with Gasteiger partial charge < -0.3 is 0 Å². The van der Waals surface area contributed by atoms with Gasteiger partial charge in [-0.2, -0.15) is 0 Å². The molecule has 0 bridgehead atoms. The molecule has 0 nitrogen and oxygen atoms in total. The molecule has 1 aliphatic carbocycles. The van der Waals surface area contributed by atoms with Crippen LogP contribution in [-0.4, -0.2) is 5.38 Å². The first-order chi connectivity index (χ1) is 7.25. The van der Waals surface area contributed by atoms with Gasteiger partial charge in [0.15, 0.2) is 0 Å². The number of hydrogen-bond donors (Lipinski definition) is 0. The summed E-state index contributed by atoms with van der Waals surface area (Å²) >= 11 is 12.1. The minimum absolute atomic E-state index is 0.414. The minimum Gasteiger partial charge on any atom is -0.123 e. The molecule has 0 radical (unpaired) electrons. The maximum atomic E-state index is 6.25. The molecule has 0 spiro atoms. The summed E-state index contributed by atoms with van der Waals surface area (Å²) in [6.07, 6.45) is 6.16. The lowest BCUT2D eigenvalue weighted by Crippen LogP contribution is -2.07. The molecule has 1 aliphatic rings. The Morgan fingerprint density at radius 1 is 1.13 bits per heavy atom. The average Bonchev–Trinajstić information content (AvgIpc) is 2.63. The van der Waals surface area contributed by atoms with Gasteiger partial charge in [0.05, 0.1) is 0 Å². The van der Waals surface area contributed by atoms with Gasteiger partial charge in [-0.3, -0.25) is 0 Å². The lowest BCUT2D eigenvalue weighted by Gasteiger charge is -2.13. The van der Waals surface area contributed by atoms with Crippen molar-refractivity contribution in [2.24, 2.45) is 5.92 Å². The van der Waals surface area contributed by atoms with Gasteiger partial charge >= 0.3 is 0 Å². The van der Waals surface area contributed by atoms with Crippen LogP contribution in [0.1, 0.15) is 31.2 Å². The van der Waals surface area contributed by atoms with Crippen molar-refractivity contribution in [2.75, 3.05) is 0 Å². The molecule has 0 aromatic heterocycles.